The number of rotatable bonds is 6. The molecule has 1 aliphatic carbocycles. The Bertz CT molecular complexity index is 683. The lowest BCUT2D eigenvalue weighted by atomic mass is 10.1. The van der Waals surface area contributed by atoms with Gasteiger partial charge in [0.25, 0.3) is 11.6 Å². The van der Waals surface area contributed by atoms with Gasteiger partial charge in [-0.15, -0.1) is 0 Å². The largest absolute Gasteiger partial charge is 0.378 e. The maximum atomic E-state index is 12.1. The highest BCUT2D eigenvalue weighted by atomic mass is 16.6. The van der Waals surface area contributed by atoms with Crippen LogP contribution in [0.2, 0.25) is 0 Å². The summed E-state index contributed by atoms with van der Waals surface area (Å²) in [6, 6.07) is 5.28. The number of nitrogens with one attached hydrogen (secondary N) is 2. The van der Waals surface area contributed by atoms with Crippen molar-refractivity contribution in [1.82, 2.24) is 15.1 Å². The minimum Gasteiger partial charge on any atom is -0.378 e. The van der Waals surface area contributed by atoms with Gasteiger partial charge >= 0.3 is 0 Å². The molecule has 134 valence electrons. The third-order valence-electron chi connectivity index (χ3n) is 5.29. The van der Waals surface area contributed by atoms with Gasteiger partial charge in [0.05, 0.1) is 4.92 Å². The van der Waals surface area contributed by atoms with E-state index in [2.05, 4.69) is 20.4 Å². The molecule has 8 nitrogen and oxygen atoms in total. The summed E-state index contributed by atoms with van der Waals surface area (Å²) in [4.78, 5) is 28.0. The van der Waals surface area contributed by atoms with Crippen LogP contribution in [0.1, 0.15) is 23.2 Å². The highest BCUT2D eigenvalue weighted by molar-refractivity contribution is 5.96. The number of benzene rings is 1. The average molecular weight is 345 g/mol. The smallest absolute Gasteiger partial charge is 0.293 e. The maximum absolute atomic E-state index is 12.1. The molecular weight excluding hydrogens is 322 g/mol. The van der Waals surface area contributed by atoms with Crippen molar-refractivity contribution < 1.29 is 9.72 Å². The lowest BCUT2D eigenvalue weighted by Gasteiger charge is -2.47. The fourth-order valence-electron chi connectivity index (χ4n) is 3.62. The van der Waals surface area contributed by atoms with Gasteiger partial charge < -0.3 is 10.6 Å². The molecule has 2 N–H and O–H groups in total. The van der Waals surface area contributed by atoms with Gasteiger partial charge in [-0.2, -0.15) is 0 Å². The van der Waals surface area contributed by atoms with E-state index in [-0.39, 0.29) is 17.6 Å². The summed E-state index contributed by atoms with van der Waals surface area (Å²) >= 11 is 0. The molecule has 0 spiro atoms. The Hall–Kier alpha value is -2.19. The number of carbonyl (C=O) groups excluding carboxylic acids is 1. The number of fused-ring (bicyclic) bond motifs is 3. The molecule has 4 aliphatic rings. The first kappa shape index (κ1) is 16.3. The second-order valence-electron chi connectivity index (χ2n) is 7.11. The first-order chi connectivity index (χ1) is 12.1. The van der Waals surface area contributed by atoms with E-state index in [1.807, 2.05) is 0 Å². The number of nitro benzene ring substituents is 1. The van der Waals surface area contributed by atoms with Crippen LogP contribution in [0.15, 0.2) is 18.2 Å². The van der Waals surface area contributed by atoms with Crippen molar-refractivity contribution in [2.45, 2.75) is 24.9 Å². The van der Waals surface area contributed by atoms with E-state index in [1.165, 1.54) is 6.07 Å². The fourth-order valence-corrected chi connectivity index (χ4v) is 3.62. The van der Waals surface area contributed by atoms with Crippen LogP contribution in [0.4, 0.5) is 11.4 Å². The van der Waals surface area contributed by atoms with E-state index in [1.54, 1.807) is 12.1 Å². The van der Waals surface area contributed by atoms with E-state index in [4.69, 9.17) is 0 Å². The van der Waals surface area contributed by atoms with Gasteiger partial charge in [0.15, 0.2) is 0 Å². The highest BCUT2D eigenvalue weighted by Gasteiger charge is 2.32. The van der Waals surface area contributed by atoms with Crippen molar-refractivity contribution >= 4 is 17.3 Å². The molecule has 8 heteroatoms. The molecule has 1 aromatic carbocycles. The molecule has 0 aromatic heterocycles. The molecule has 3 aliphatic heterocycles. The van der Waals surface area contributed by atoms with Crippen LogP contribution in [0.25, 0.3) is 0 Å². The topological polar surface area (TPSA) is 90.8 Å². The number of amides is 1. The third kappa shape index (κ3) is 3.59. The van der Waals surface area contributed by atoms with Crippen molar-refractivity contribution in [2.75, 3.05) is 44.6 Å². The summed E-state index contributed by atoms with van der Waals surface area (Å²) in [5.74, 6) is -0.236. The number of anilines is 1. The SMILES string of the molecule is O=C(NC1CC1)c1ccc(NCC2CN3CCN2CC3)c([N+](=O)[O-])c1. The second-order valence-corrected chi connectivity index (χ2v) is 7.11. The molecule has 1 unspecified atom stereocenters. The zero-order valence-electron chi connectivity index (χ0n) is 14.1. The number of nitro groups is 1. The first-order valence-corrected chi connectivity index (χ1v) is 8.90. The predicted molar refractivity (Wildman–Crippen MR) is 93.9 cm³/mol. The van der Waals surface area contributed by atoms with Crippen LogP contribution in [0, 0.1) is 10.1 Å². The van der Waals surface area contributed by atoms with Crippen molar-refractivity contribution in [1.29, 1.82) is 0 Å². The van der Waals surface area contributed by atoms with Gasteiger partial charge in [0.1, 0.15) is 5.69 Å². The molecule has 5 rings (SSSR count). The van der Waals surface area contributed by atoms with Gasteiger partial charge in [-0.05, 0) is 25.0 Å². The molecule has 1 atom stereocenters. The number of nitrogens with zero attached hydrogens (tertiary/aromatic N) is 3. The van der Waals surface area contributed by atoms with Crippen molar-refractivity contribution in [3.05, 3.63) is 33.9 Å². The molecule has 2 bridgehead atoms. The van der Waals surface area contributed by atoms with Crippen molar-refractivity contribution in [3.63, 3.8) is 0 Å². The number of piperazine rings is 3. The average Bonchev–Trinajstić information content (AvgIpc) is 3.44. The molecule has 1 aromatic rings. The summed E-state index contributed by atoms with van der Waals surface area (Å²) in [5, 5.41) is 17.5. The third-order valence-corrected chi connectivity index (χ3v) is 5.29. The molecule has 1 amide bonds. The van der Waals surface area contributed by atoms with Crippen LogP contribution in [-0.4, -0.2) is 72.0 Å². The van der Waals surface area contributed by atoms with Gasteiger partial charge in [0, 0.05) is 63.0 Å². The maximum Gasteiger partial charge on any atom is 0.293 e. The molecular formula is C17H23N5O3. The van der Waals surface area contributed by atoms with Crippen molar-refractivity contribution in [3.8, 4) is 0 Å². The van der Waals surface area contributed by atoms with Crippen LogP contribution in [0.3, 0.4) is 0 Å². The molecule has 25 heavy (non-hydrogen) atoms. The summed E-state index contributed by atoms with van der Waals surface area (Å²) in [5.41, 5.74) is 0.779. The Balaban J connectivity index is 1.44. The monoisotopic (exact) mass is 345 g/mol. The van der Waals surface area contributed by atoms with E-state index in [9.17, 15) is 14.9 Å². The van der Waals surface area contributed by atoms with E-state index < -0.39 is 4.92 Å². The van der Waals surface area contributed by atoms with Gasteiger partial charge in [-0.25, -0.2) is 0 Å². The second kappa shape index (κ2) is 6.61. The molecule has 0 radical (unpaired) electrons. The Labute approximate surface area is 146 Å². The molecule has 4 fully saturated rings. The van der Waals surface area contributed by atoms with Crippen LogP contribution < -0.4 is 10.6 Å². The van der Waals surface area contributed by atoms with Crippen LogP contribution >= 0.6 is 0 Å². The summed E-state index contributed by atoms with van der Waals surface area (Å²) in [7, 11) is 0. The summed E-state index contributed by atoms with van der Waals surface area (Å²) < 4.78 is 0. The van der Waals surface area contributed by atoms with E-state index in [0.717, 1.165) is 45.6 Å². The lowest BCUT2D eigenvalue weighted by Crippen LogP contribution is -2.62. The predicted octanol–water partition coefficient (Wildman–Crippen LogP) is 0.899. The Morgan fingerprint density at radius 3 is 2.60 bits per heavy atom. The van der Waals surface area contributed by atoms with E-state index >= 15 is 0 Å². The Kier molecular flexibility index (Phi) is 4.30. The van der Waals surface area contributed by atoms with Crippen LogP contribution in [0.5, 0.6) is 0 Å². The highest BCUT2D eigenvalue weighted by Crippen LogP contribution is 2.27. The number of hydrogen-bond acceptors (Lipinski definition) is 6. The quantitative estimate of drug-likeness (QED) is 0.588. The minimum absolute atomic E-state index is 0.0419. The fraction of sp³-hybridized carbons (Fsp3) is 0.588. The zero-order valence-corrected chi connectivity index (χ0v) is 14.1. The summed E-state index contributed by atoms with van der Waals surface area (Å²) in [6.45, 7) is 6.03. The first-order valence-electron chi connectivity index (χ1n) is 8.90. The molecule has 3 heterocycles. The molecule has 3 saturated heterocycles. The van der Waals surface area contributed by atoms with Crippen LogP contribution in [-0.2, 0) is 0 Å². The standard InChI is InChI=1S/C17H23N5O3/c23-17(19-13-2-3-13)12-1-4-15(16(9-12)22(24)25)18-10-14-11-20-5-7-21(14)8-6-20/h1,4,9,13-14,18H,2-3,5-8,10-11H2,(H,19,23). The summed E-state index contributed by atoms with van der Waals surface area (Å²) in [6.07, 6.45) is 1.98. The molecule has 1 saturated carbocycles. The number of carbonyl (C=O) groups is 1. The zero-order chi connectivity index (χ0) is 17.4. The van der Waals surface area contributed by atoms with Gasteiger partial charge in [0.2, 0.25) is 0 Å². The van der Waals surface area contributed by atoms with E-state index in [0.29, 0.717) is 23.8 Å². The Morgan fingerprint density at radius 2 is 2.00 bits per heavy atom. The lowest BCUT2D eigenvalue weighted by molar-refractivity contribution is -0.384. The van der Waals surface area contributed by atoms with Gasteiger partial charge in [-0.1, -0.05) is 0 Å². The minimum atomic E-state index is -0.424. The van der Waals surface area contributed by atoms with Crippen molar-refractivity contribution in [2.24, 2.45) is 0 Å². The number of hydrogen-bond donors (Lipinski definition) is 2. The van der Waals surface area contributed by atoms with Gasteiger partial charge in [-0.3, -0.25) is 24.7 Å². The normalized spacial score (nSPS) is 27.8. The Morgan fingerprint density at radius 1 is 1.24 bits per heavy atom.